The SMILES string of the molecule is COC(=O)c1cn(-c2ccnc3c(C(F)(F)F)cccc23)c2ccccc12. The van der Waals surface area contributed by atoms with E-state index in [2.05, 4.69) is 4.98 Å². The Morgan fingerprint density at radius 1 is 1.04 bits per heavy atom. The number of para-hydroxylation sites is 2. The van der Waals surface area contributed by atoms with Crippen LogP contribution in [0.3, 0.4) is 0 Å². The van der Waals surface area contributed by atoms with Gasteiger partial charge in [0.2, 0.25) is 0 Å². The van der Waals surface area contributed by atoms with E-state index in [0.717, 1.165) is 6.07 Å². The lowest BCUT2D eigenvalue weighted by molar-refractivity contribution is -0.136. The number of carbonyl (C=O) groups is 1. The van der Waals surface area contributed by atoms with E-state index in [1.165, 1.54) is 19.4 Å². The van der Waals surface area contributed by atoms with Gasteiger partial charge in [-0.05, 0) is 18.2 Å². The monoisotopic (exact) mass is 370 g/mol. The highest BCUT2D eigenvalue weighted by Gasteiger charge is 2.33. The lowest BCUT2D eigenvalue weighted by Crippen LogP contribution is -2.07. The first-order chi connectivity index (χ1) is 12.9. The van der Waals surface area contributed by atoms with Crippen LogP contribution in [0.25, 0.3) is 27.5 Å². The van der Waals surface area contributed by atoms with Gasteiger partial charge >= 0.3 is 12.1 Å². The average Bonchev–Trinajstić information content (AvgIpc) is 3.05. The predicted octanol–water partition coefficient (Wildman–Crippen LogP) is 4.98. The molecule has 0 saturated heterocycles. The summed E-state index contributed by atoms with van der Waals surface area (Å²) in [4.78, 5) is 16.1. The Morgan fingerprint density at radius 2 is 1.78 bits per heavy atom. The summed E-state index contributed by atoms with van der Waals surface area (Å²) in [6.45, 7) is 0. The number of pyridine rings is 1. The smallest absolute Gasteiger partial charge is 0.418 e. The molecule has 2 heterocycles. The predicted molar refractivity (Wildman–Crippen MR) is 94.9 cm³/mol. The molecule has 2 aromatic carbocycles. The molecule has 0 radical (unpaired) electrons. The zero-order valence-corrected chi connectivity index (χ0v) is 14.1. The summed E-state index contributed by atoms with van der Waals surface area (Å²) in [5.41, 5.74) is 0.580. The first kappa shape index (κ1) is 17.1. The molecule has 4 aromatic rings. The highest BCUT2D eigenvalue weighted by atomic mass is 19.4. The van der Waals surface area contributed by atoms with Gasteiger partial charge in [0.1, 0.15) is 0 Å². The summed E-state index contributed by atoms with van der Waals surface area (Å²) in [6, 6.07) is 12.7. The van der Waals surface area contributed by atoms with E-state index in [-0.39, 0.29) is 5.52 Å². The molecule has 0 bridgehead atoms. The van der Waals surface area contributed by atoms with E-state index in [1.54, 1.807) is 47.2 Å². The molecule has 0 atom stereocenters. The summed E-state index contributed by atoms with van der Waals surface area (Å²) >= 11 is 0. The topological polar surface area (TPSA) is 44.1 Å². The van der Waals surface area contributed by atoms with Crippen LogP contribution in [0.5, 0.6) is 0 Å². The number of esters is 1. The molecule has 2 aromatic heterocycles. The Morgan fingerprint density at radius 3 is 2.52 bits per heavy atom. The molecule has 0 N–H and O–H groups in total. The van der Waals surface area contributed by atoms with Gasteiger partial charge in [-0.2, -0.15) is 13.2 Å². The van der Waals surface area contributed by atoms with Crippen molar-refractivity contribution in [2.75, 3.05) is 7.11 Å². The Kier molecular flexibility index (Phi) is 3.87. The van der Waals surface area contributed by atoms with Crippen molar-refractivity contribution >= 4 is 27.8 Å². The van der Waals surface area contributed by atoms with E-state index in [9.17, 15) is 18.0 Å². The molecule has 0 aliphatic rings. The van der Waals surface area contributed by atoms with E-state index < -0.39 is 17.7 Å². The number of rotatable bonds is 2. The standard InChI is InChI=1S/C20H13F3N2O2/c1-27-19(26)14-11-25(16-8-3-2-5-12(14)16)17-9-10-24-18-13(17)6-4-7-15(18)20(21,22)23/h2-11H,1H3. The Balaban J connectivity index is 2.06. The zero-order valence-electron chi connectivity index (χ0n) is 14.1. The van der Waals surface area contributed by atoms with Crippen LogP contribution in [0.15, 0.2) is 60.9 Å². The number of halogens is 3. The lowest BCUT2D eigenvalue weighted by atomic mass is 10.1. The number of ether oxygens (including phenoxy) is 1. The summed E-state index contributed by atoms with van der Waals surface area (Å²) in [6.07, 6.45) is -1.61. The number of fused-ring (bicyclic) bond motifs is 2. The minimum Gasteiger partial charge on any atom is -0.465 e. The number of aromatic nitrogens is 2. The molecule has 7 heteroatoms. The van der Waals surface area contributed by atoms with E-state index in [1.807, 2.05) is 0 Å². The van der Waals surface area contributed by atoms with Crippen molar-refractivity contribution in [3.8, 4) is 5.69 Å². The maximum atomic E-state index is 13.4. The number of hydrogen-bond acceptors (Lipinski definition) is 3. The average molecular weight is 370 g/mol. The second-order valence-electron chi connectivity index (χ2n) is 5.95. The van der Waals surface area contributed by atoms with Gasteiger partial charge in [0.15, 0.2) is 0 Å². The van der Waals surface area contributed by atoms with Crippen LogP contribution in [0.1, 0.15) is 15.9 Å². The molecule has 0 aliphatic carbocycles. The van der Waals surface area contributed by atoms with Gasteiger partial charge in [-0.1, -0.05) is 30.3 Å². The lowest BCUT2D eigenvalue weighted by Gasteiger charge is -2.13. The van der Waals surface area contributed by atoms with Crippen LogP contribution >= 0.6 is 0 Å². The highest BCUT2D eigenvalue weighted by molar-refractivity contribution is 6.05. The van der Waals surface area contributed by atoms with Gasteiger partial charge in [-0.25, -0.2) is 4.79 Å². The molecular formula is C20H13F3N2O2. The largest absolute Gasteiger partial charge is 0.465 e. The van der Waals surface area contributed by atoms with Crippen molar-refractivity contribution in [2.24, 2.45) is 0 Å². The summed E-state index contributed by atoms with van der Waals surface area (Å²) < 4.78 is 46.6. The zero-order chi connectivity index (χ0) is 19.2. The summed E-state index contributed by atoms with van der Waals surface area (Å²) in [5, 5.41) is 0.991. The number of carbonyl (C=O) groups excluding carboxylic acids is 1. The molecule has 0 fully saturated rings. The number of methoxy groups -OCH3 is 1. The van der Waals surface area contributed by atoms with Crippen molar-refractivity contribution in [1.82, 2.24) is 9.55 Å². The molecule has 4 rings (SSSR count). The van der Waals surface area contributed by atoms with E-state index >= 15 is 0 Å². The second kappa shape index (κ2) is 6.12. The van der Waals surface area contributed by atoms with Gasteiger partial charge in [0.25, 0.3) is 0 Å². The Labute approximate surface area is 151 Å². The first-order valence-electron chi connectivity index (χ1n) is 8.05. The number of alkyl halides is 3. The van der Waals surface area contributed by atoms with Crippen molar-refractivity contribution in [3.05, 3.63) is 72.1 Å². The van der Waals surface area contributed by atoms with Crippen molar-refractivity contribution < 1.29 is 22.7 Å². The van der Waals surface area contributed by atoms with Crippen LogP contribution in [0.2, 0.25) is 0 Å². The van der Waals surface area contributed by atoms with Crippen LogP contribution < -0.4 is 0 Å². The first-order valence-corrected chi connectivity index (χ1v) is 8.05. The Hall–Kier alpha value is -3.35. The quantitative estimate of drug-likeness (QED) is 0.467. The summed E-state index contributed by atoms with van der Waals surface area (Å²) in [5.74, 6) is -0.515. The van der Waals surface area contributed by atoms with Crippen molar-refractivity contribution in [2.45, 2.75) is 6.18 Å². The van der Waals surface area contributed by atoms with Crippen LogP contribution in [-0.2, 0) is 10.9 Å². The molecule has 27 heavy (non-hydrogen) atoms. The third-order valence-corrected chi connectivity index (χ3v) is 4.43. The van der Waals surface area contributed by atoms with Gasteiger partial charge in [-0.3, -0.25) is 4.98 Å². The fourth-order valence-corrected chi connectivity index (χ4v) is 3.25. The molecule has 4 nitrogen and oxygen atoms in total. The van der Waals surface area contributed by atoms with E-state index in [4.69, 9.17) is 4.74 Å². The molecule has 0 aliphatic heterocycles. The molecule has 0 saturated carbocycles. The molecular weight excluding hydrogens is 357 g/mol. The third kappa shape index (κ3) is 2.71. The van der Waals surface area contributed by atoms with Crippen LogP contribution in [0, 0.1) is 0 Å². The Bertz CT molecular complexity index is 1180. The van der Waals surface area contributed by atoms with Crippen molar-refractivity contribution in [3.63, 3.8) is 0 Å². The van der Waals surface area contributed by atoms with Crippen molar-refractivity contribution in [1.29, 1.82) is 0 Å². The molecule has 136 valence electrons. The van der Waals surface area contributed by atoms with E-state index in [0.29, 0.717) is 27.5 Å². The number of nitrogens with zero attached hydrogens (tertiary/aromatic N) is 2. The molecule has 0 unspecified atom stereocenters. The maximum Gasteiger partial charge on any atom is 0.418 e. The minimum atomic E-state index is -4.51. The second-order valence-corrected chi connectivity index (χ2v) is 5.95. The van der Waals surface area contributed by atoms with Gasteiger partial charge in [-0.15, -0.1) is 0 Å². The van der Waals surface area contributed by atoms with Gasteiger partial charge in [0, 0.05) is 23.2 Å². The van der Waals surface area contributed by atoms with Crippen LogP contribution in [0.4, 0.5) is 13.2 Å². The van der Waals surface area contributed by atoms with Crippen LogP contribution in [-0.4, -0.2) is 22.6 Å². The van der Waals surface area contributed by atoms with Gasteiger partial charge in [0.05, 0.1) is 35.0 Å². The maximum absolute atomic E-state index is 13.4. The number of hydrogen-bond donors (Lipinski definition) is 0. The third-order valence-electron chi connectivity index (χ3n) is 4.43. The summed E-state index contributed by atoms with van der Waals surface area (Å²) in [7, 11) is 1.28. The normalized spacial score (nSPS) is 11.9. The van der Waals surface area contributed by atoms with Gasteiger partial charge < -0.3 is 9.30 Å². The molecule has 0 amide bonds. The number of benzene rings is 2. The molecule has 0 spiro atoms. The fraction of sp³-hybridized carbons (Fsp3) is 0.100. The minimum absolute atomic E-state index is 0.139. The highest BCUT2D eigenvalue weighted by Crippen LogP contribution is 2.36. The fourth-order valence-electron chi connectivity index (χ4n) is 3.25.